The van der Waals surface area contributed by atoms with Gasteiger partial charge in [0.25, 0.3) is 5.91 Å². The summed E-state index contributed by atoms with van der Waals surface area (Å²) in [6, 6.07) is 16.6. The average Bonchev–Trinajstić information content (AvgIpc) is 2.60. The van der Waals surface area contributed by atoms with Crippen LogP contribution in [0.1, 0.15) is 12.0 Å². The molecule has 0 atom stereocenters. The van der Waals surface area contributed by atoms with Gasteiger partial charge in [0, 0.05) is 19.2 Å². The van der Waals surface area contributed by atoms with Gasteiger partial charge in [-0.25, -0.2) is 0 Å². The number of amides is 2. The summed E-state index contributed by atoms with van der Waals surface area (Å²) < 4.78 is 5.38. The van der Waals surface area contributed by atoms with Gasteiger partial charge < -0.3 is 15.4 Å². The van der Waals surface area contributed by atoms with Crippen molar-refractivity contribution in [3.05, 3.63) is 60.2 Å². The van der Waals surface area contributed by atoms with Crippen molar-refractivity contribution in [3.63, 3.8) is 0 Å². The molecule has 120 valence electrons. The molecule has 0 aliphatic carbocycles. The Morgan fingerprint density at radius 3 is 2.30 bits per heavy atom. The molecule has 0 saturated carbocycles. The first-order valence-electron chi connectivity index (χ1n) is 7.44. The van der Waals surface area contributed by atoms with E-state index in [4.69, 9.17) is 4.74 Å². The third kappa shape index (κ3) is 5.82. The first-order chi connectivity index (χ1) is 11.2. The van der Waals surface area contributed by atoms with Gasteiger partial charge in [-0.1, -0.05) is 30.3 Å². The Bertz CT molecular complexity index is 639. The third-order valence-electron chi connectivity index (χ3n) is 3.27. The summed E-state index contributed by atoms with van der Waals surface area (Å²) in [4.78, 5) is 23.0. The van der Waals surface area contributed by atoms with Gasteiger partial charge in [-0.3, -0.25) is 9.59 Å². The summed E-state index contributed by atoms with van der Waals surface area (Å²) in [5.74, 6) is 0.458. The van der Waals surface area contributed by atoms with Gasteiger partial charge in [0.05, 0.1) is 0 Å². The molecule has 5 nitrogen and oxygen atoms in total. The molecule has 0 spiro atoms. The highest BCUT2D eigenvalue weighted by molar-refractivity contribution is 5.91. The summed E-state index contributed by atoms with van der Waals surface area (Å²) in [5, 5.41) is 5.36. The number of aryl methyl sites for hydroxylation is 1. The van der Waals surface area contributed by atoms with Crippen LogP contribution < -0.4 is 15.4 Å². The summed E-state index contributed by atoms with van der Waals surface area (Å²) in [6.07, 6.45) is 1.12. The van der Waals surface area contributed by atoms with Gasteiger partial charge in [0.2, 0.25) is 5.91 Å². The molecule has 0 unspecified atom stereocenters. The van der Waals surface area contributed by atoms with Crippen LogP contribution in [-0.4, -0.2) is 25.5 Å². The molecule has 0 radical (unpaired) electrons. The molecular formula is C18H20N2O3. The van der Waals surface area contributed by atoms with E-state index in [9.17, 15) is 9.59 Å². The van der Waals surface area contributed by atoms with Crippen molar-refractivity contribution in [1.29, 1.82) is 0 Å². The maximum absolute atomic E-state index is 11.8. The Morgan fingerprint density at radius 1 is 0.957 bits per heavy atom. The SMILES string of the molecule is CNC(=O)CCc1ccc(NC(=O)COc2ccccc2)cc1. The van der Waals surface area contributed by atoms with Crippen LogP contribution in [0.5, 0.6) is 5.75 Å². The number of carbonyl (C=O) groups is 2. The third-order valence-corrected chi connectivity index (χ3v) is 3.27. The fourth-order valence-corrected chi connectivity index (χ4v) is 2.00. The lowest BCUT2D eigenvalue weighted by atomic mass is 10.1. The number of hydrogen-bond donors (Lipinski definition) is 2. The highest BCUT2D eigenvalue weighted by atomic mass is 16.5. The van der Waals surface area contributed by atoms with Crippen LogP contribution in [0, 0.1) is 0 Å². The summed E-state index contributed by atoms with van der Waals surface area (Å²) >= 11 is 0. The van der Waals surface area contributed by atoms with Gasteiger partial charge in [-0.05, 0) is 36.2 Å². The van der Waals surface area contributed by atoms with E-state index in [1.807, 2.05) is 42.5 Å². The van der Waals surface area contributed by atoms with Crippen molar-refractivity contribution in [1.82, 2.24) is 5.32 Å². The molecule has 0 bridgehead atoms. The lowest BCUT2D eigenvalue weighted by Gasteiger charge is -2.08. The molecule has 0 saturated heterocycles. The van der Waals surface area contributed by atoms with E-state index in [0.29, 0.717) is 24.3 Å². The fourth-order valence-electron chi connectivity index (χ4n) is 2.00. The van der Waals surface area contributed by atoms with Gasteiger partial charge in [-0.2, -0.15) is 0 Å². The lowest BCUT2D eigenvalue weighted by Crippen LogP contribution is -2.20. The van der Waals surface area contributed by atoms with E-state index in [1.54, 1.807) is 19.2 Å². The smallest absolute Gasteiger partial charge is 0.262 e. The molecule has 5 heteroatoms. The Morgan fingerprint density at radius 2 is 1.65 bits per heavy atom. The Labute approximate surface area is 135 Å². The number of hydrogen-bond acceptors (Lipinski definition) is 3. The zero-order valence-electron chi connectivity index (χ0n) is 13.0. The van der Waals surface area contributed by atoms with Gasteiger partial charge in [0.1, 0.15) is 5.75 Å². The summed E-state index contributed by atoms with van der Waals surface area (Å²) in [6.45, 7) is -0.0392. The van der Waals surface area contributed by atoms with Crippen molar-refractivity contribution >= 4 is 17.5 Å². The summed E-state index contributed by atoms with van der Waals surface area (Å²) in [5.41, 5.74) is 1.75. The molecule has 2 aromatic rings. The number of ether oxygens (including phenoxy) is 1. The highest BCUT2D eigenvalue weighted by Gasteiger charge is 2.04. The van der Waals surface area contributed by atoms with Gasteiger partial charge in [-0.15, -0.1) is 0 Å². The van der Waals surface area contributed by atoms with Crippen molar-refractivity contribution < 1.29 is 14.3 Å². The van der Waals surface area contributed by atoms with E-state index in [0.717, 1.165) is 5.56 Å². The molecule has 2 rings (SSSR count). The Kier molecular flexibility index (Phi) is 6.17. The first kappa shape index (κ1) is 16.5. The van der Waals surface area contributed by atoms with E-state index in [1.165, 1.54) is 0 Å². The number of benzene rings is 2. The van der Waals surface area contributed by atoms with Crippen LogP contribution in [0.25, 0.3) is 0 Å². The Hall–Kier alpha value is -2.82. The van der Waals surface area contributed by atoms with Crippen LogP contribution in [0.2, 0.25) is 0 Å². The lowest BCUT2D eigenvalue weighted by molar-refractivity contribution is -0.120. The average molecular weight is 312 g/mol. The summed E-state index contributed by atoms with van der Waals surface area (Å²) in [7, 11) is 1.62. The predicted octanol–water partition coefficient (Wildman–Crippen LogP) is 2.38. The maximum Gasteiger partial charge on any atom is 0.262 e. The molecule has 0 aliphatic rings. The quantitative estimate of drug-likeness (QED) is 0.825. The fraction of sp³-hybridized carbons (Fsp3) is 0.222. The van der Waals surface area contributed by atoms with E-state index in [-0.39, 0.29) is 18.4 Å². The highest BCUT2D eigenvalue weighted by Crippen LogP contribution is 2.12. The predicted molar refractivity (Wildman–Crippen MR) is 89.4 cm³/mol. The van der Waals surface area contributed by atoms with Crippen LogP contribution in [0.3, 0.4) is 0 Å². The van der Waals surface area contributed by atoms with Crippen molar-refractivity contribution in [2.45, 2.75) is 12.8 Å². The van der Waals surface area contributed by atoms with Crippen LogP contribution in [0.15, 0.2) is 54.6 Å². The molecule has 2 N–H and O–H groups in total. The molecule has 2 aromatic carbocycles. The molecule has 0 heterocycles. The van der Waals surface area contributed by atoms with E-state index >= 15 is 0 Å². The number of para-hydroxylation sites is 1. The van der Waals surface area contributed by atoms with Gasteiger partial charge >= 0.3 is 0 Å². The topological polar surface area (TPSA) is 67.4 Å². The number of carbonyl (C=O) groups excluding carboxylic acids is 2. The number of anilines is 1. The van der Waals surface area contributed by atoms with Crippen LogP contribution in [0.4, 0.5) is 5.69 Å². The maximum atomic E-state index is 11.8. The monoisotopic (exact) mass is 312 g/mol. The van der Waals surface area contributed by atoms with E-state index in [2.05, 4.69) is 10.6 Å². The number of nitrogens with one attached hydrogen (secondary N) is 2. The van der Waals surface area contributed by atoms with E-state index < -0.39 is 0 Å². The van der Waals surface area contributed by atoms with Crippen molar-refractivity contribution in [3.8, 4) is 5.75 Å². The van der Waals surface area contributed by atoms with Gasteiger partial charge in [0.15, 0.2) is 6.61 Å². The zero-order valence-corrected chi connectivity index (χ0v) is 13.0. The Balaban J connectivity index is 1.78. The minimum Gasteiger partial charge on any atom is -0.484 e. The second-order valence-electron chi connectivity index (χ2n) is 5.02. The molecular weight excluding hydrogens is 292 g/mol. The minimum atomic E-state index is -0.216. The largest absolute Gasteiger partial charge is 0.484 e. The minimum absolute atomic E-state index is 0.0143. The van der Waals surface area contributed by atoms with Crippen LogP contribution >= 0.6 is 0 Å². The molecule has 0 fully saturated rings. The zero-order chi connectivity index (χ0) is 16.5. The molecule has 0 aliphatic heterocycles. The first-order valence-corrected chi connectivity index (χ1v) is 7.44. The normalized spacial score (nSPS) is 9.96. The van der Waals surface area contributed by atoms with Crippen LogP contribution in [-0.2, 0) is 16.0 Å². The molecule has 0 aromatic heterocycles. The molecule has 23 heavy (non-hydrogen) atoms. The molecule has 2 amide bonds. The van der Waals surface area contributed by atoms with Crippen molar-refractivity contribution in [2.24, 2.45) is 0 Å². The second-order valence-corrected chi connectivity index (χ2v) is 5.02. The van der Waals surface area contributed by atoms with Crippen molar-refractivity contribution in [2.75, 3.05) is 19.0 Å². The standard InChI is InChI=1S/C18H20N2O3/c1-19-17(21)12-9-14-7-10-15(11-8-14)20-18(22)13-23-16-5-3-2-4-6-16/h2-8,10-11H,9,12-13H2,1H3,(H,19,21)(H,20,22). The second kappa shape index (κ2) is 8.58. The number of rotatable bonds is 7.